The summed E-state index contributed by atoms with van der Waals surface area (Å²) in [6, 6.07) is 10.5. The largest absolute Gasteiger partial charge is 0.361 e. The summed E-state index contributed by atoms with van der Waals surface area (Å²) in [5.74, 6) is 0. The molecule has 1 atom stereocenters. The van der Waals surface area contributed by atoms with Crippen LogP contribution in [-0.2, 0) is 0 Å². The minimum atomic E-state index is 0.283. The summed E-state index contributed by atoms with van der Waals surface area (Å²) in [6.07, 6.45) is 1.92. The third-order valence-electron chi connectivity index (χ3n) is 2.89. The van der Waals surface area contributed by atoms with Gasteiger partial charge in [0.05, 0.1) is 0 Å². The fourth-order valence-corrected chi connectivity index (χ4v) is 2.32. The summed E-state index contributed by atoms with van der Waals surface area (Å²) < 4.78 is 0. The summed E-state index contributed by atoms with van der Waals surface area (Å²) in [6.45, 7) is 5.16. The number of nitrogens with one attached hydrogen (secondary N) is 2. The first-order valence-electron chi connectivity index (χ1n) is 5.89. The Morgan fingerprint density at radius 1 is 1.35 bits per heavy atom. The molecular formula is C14H17ClN2. The SMILES string of the molecule is CCNC(C)c1ccc(-c2ccc[nH]2)cc1Cl. The topological polar surface area (TPSA) is 27.8 Å². The highest BCUT2D eigenvalue weighted by atomic mass is 35.5. The Morgan fingerprint density at radius 2 is 2.18 bits per heavy atom. The average Bonchev–Trinajstić information content (AvgIpc) is 2.82. The van der Waals surface area contributed by atoms with Gasteiger partial charge in [0.2, 0.25) is 0 Å². The zero-order valence-corrected chi connectivity index (χ0v) is 10.9. The second kappa shape index (κ2) is 5.39. The molecule has 17 heavy (non-hydrogen) atoms. The van der Waals surface area contributed by atoms with Crippen LogP contribution in [0.4, 0.5) is 0 Å². The molecule has 2 aromatic rings. The molecule has 0 saturated heterocycles. The number of aromatic amines is 1. The monoisotopic (exact) mass is 248 g/mol. The molecule has 1 heterocycles. The van der Waals surface area contributed by atoms with Crippen molar-refractivity contribution in [3.8, 4) is 11.3 Å². The van der Waals surface area contributed by atoms with Gasteiger partial charge in [-0.1, -0.05) is 30.7 Å². The number of hydrogen-bond acceptors (Lipinski definition) is 1. The highest BCUT2D eigenvalue weighted by Crippen LogP contribution is 2.28. The van der Waals surface area contributed by atoms with Gasteiger partial charge in [-0.05, 0) is 42.8 Å². The van der Waals surface area contributed by atoms with E-state index in [2.05, 4.69) is 36.3 Å². The van der Waals surface area contributed by atoms with Crippen LogP contribution in [0.1, 0.15) is 25.5 Å². The van der Waals surface area contributed by atoms with Gasteiger partial charge in [0.15, 0.2) is 0 Å². The lowest BCUT2D eigenvalue weighted by Gasteiger charge is -2.15. The number of aromatic nitrogens is 1. The Morgan fingerprint density at radius 3 is 2.76 bits per heavy atom. The van der Waals surface area contributed by atoms with Gasteiger partial charge in [-0.15, -0.1) is 0 Å². The van der Waals surface area contributed by atoms with Crippen LogP contribution in [-0.4, -0.2) is 11.5 Å². The molecular weight excluding hydrogens is 232 g/mol. The zero-order valence-electron chi connectivity index (χ0n) is 10.1. The Kier molecular flexibility index (Phi) is 3.87. The second-order valence-corrected chi connectivity index (χ2v) is 4.51. The van der Waals surface area contributed by atoms with Crippen molar-refractivity contribution in [2.45, 2.75) is 19.9 Å². The van der Waals surface area contributed by atoms with E-state index in [0.717, 1.165) is 28.4 Å². The molecule has 0 fully saturated rings. The van der Waals surface area contributed by atoms with E-state index in [1.165, 1.54) is 0 Å². The molecule has 0 aliphatic heterocycles. The Labute approximate surface area is 107 Å². The molecule has 0 aliphatic carbocycles. The van der Waals surface area contributed by atoms with Crippen LogP contribution in [0.15, 0.2) is 36.5 Å². The lowest BCUT2D eigenvalue weighted by molar-refractivity contribution is 0.598. The minimum absolute atomic E-state index is 0.283. The van der Waals surface area contributed by atoms with Gasteiger partial charge < -0.3 is 10.3 Å². The number of benzene rings is 1. The van der Waals surface area contributed by atoms with Gasteiger partial charge in [0, 0.05) is 23.0 Å². The second-order valence-electron chi connectivity index (χ2n) is 4.10. The number of rotatable bonds is 4. The van der Waals surface area contributed by atoms with E-state index in [4.69, 9.17) is 11.6 Å². The molecule has 90 valence electrons. The van der Waals surface area contributed by atoms with Crippen molar-refractivity contribution in [2.24, 2.45) is 0 Å². The molecule has 1 aromatic heterocycles. The van der Waals surface area contributed by atoms with Crippen molar-refractivity contribution >= 4 is 11.6 Å². The molecule has 0 aliphatic rings. The number of H-pyrrole nitrogens is 1. The van der Waals surface area contributed by atoms with Gasteiger partial charge >= 0.3 is 0 Å². The highest BCUT2D eigenvalue weighted by Gasteiger charge is 2.09. The van der Waals surface area contributed by atoms with Crippen molar-refractivity contribution < 1.29 is 0 Å². The summed E-state index contributed by atoms with van der Waals surface area (Å²) in [4.78, 5) is 3.18. The third kappa shape index (κ3) is 2.71. The third-order valence-corrected chi connectivity index (χ3v) is 3.21. The minimum Gasteiger partial charge on any atom is -0.361 e. The average molecular weight is 249 g/mol. The van der Waals surface area contributed by atoms with E-state index < -0.39 is 0 Å². The summed E-state index contributed by atoms with van der Waals surface area (Å²) in [5.41, 5.74) is 3.35. The van der Waals surface area contributed by atoms with Crippen LogP contribution in [0.3, 0.4) is 0 Å². The predicted octanol–water partition coefficient (Wildman–Crippen LogP) is 4.01. The first kappa shape index (κ1) is 12.2. The number of halogens is 1. The zero-order chi connectivity index (χ0) is 12.3. The van der Waals surface area contributed by atoms with E-state index in [1.54, 1.807) is 0 Å². The van der Waals surface area contributed by atoms with Crippen LogP contribution in [0.2, 0.25) is 5.02 Å². The molecule has 0 amide bonds. The quantitative estimate of drug-likeness (QED) is 0.841. The molecule has 2 N–H and O–H groups in total. The summed E-state index contributed by atoms with van der Waals surface area (Å²) in [5, 5.41) is 4.18. The van der Waals surface area contributed by atoms with Crippen molar-refractivity contribution in [1.29, 1.82) is 0 Å². The molecule has 0 radical (unpaired) electrons. The van der Waals surface area contributed by atoms with Gasteiger partial charge in [-0.3, -0.25) is 0 Å². The maximum Gasteiger partial charge on any atom is 0.0460 e. The smallest absolute Gasteiger partial charge is 0.0460 e. The lowest BCUT2D eigenvalue weighted by atomic mass is 10.0. The molecule has 1 aromatic carbocycles. The van der Waals surface area contributed by atoms with Crippen molar-refractivity contribution in [1.82, 2.24) is 10.3 Å². The van der Waals surface area contributed by atoms with Gasteiger partial charge in [0.1, 0.15) is 0 Å². The maximum absolute atomic E-state index is 6.32. The Bertz CT molecular complexity index is 477. The van der Waals surface area contributed by atoms with E-state index in [1.807, 2.05) is 24.4 Å². The van der Waals surface area contributed by atoms with Gasteiger partial charge in [-0.25, -0.2) is 0 Å². The summed E-state index contributed by atoms with van der Waals surface area (Å²) >= 11 is 6.32. The summed E-state index contributed by atoms with van der Waals surface area (Å²) in [7, 11) is 0. The fourth-order valence-electron chi connectivity index (χ4n) is 1.97. The van der Waals surface area contributed by atoms with Gasteiger partial charge in [0.25, 0.3) is 0 Å². The number of hydrogen-bond donors (Lipinski definition) is 2. The molecule has 0 bridgehead atoms. The normalized spacial score (nSPS) is 12.6. The predicted molar refractivity (Wildman–Crippen MR) is 73.3 cm³/mol. The Hall–Kier alpha value is -1.25. The molecule has 1 unspecified atom stereocenters. The Balaban J connectivity index is 2.29. The first-order valence-corrected chi connectivity index (χ1v) is 6.26. The van der Waals surface area contributed by atoms with Crippen LogP contribution in [0, 0.1) is 0 Å². The van der Waals surface area contributed by atoms with Crippen molar-refractivity contribution in [3.63, 3.8) is 0 Å². The highest BCUT2D eigenvalue weighted by molar-refractivity contribution is 6.31. The van der Waals surface area contributed by atoms with Crippen molar-refractivity contribution in [2.75, 3.05) is 6.54 Å². The maximum atomic E-state index is 6.32. The van der Waals surface area contributed by atoms with Crippen LogP contribution < -0.4 is 5.32 Å². The molecule has 2 nitrogen and oxygen atoms in total. The van der Waals surface area contributed by atoms with Crippen molar-refractivity contribution in [3.05, 3.63) is 47.1 Å². The van der Waals surface area contributed by atoms with Crippen LogP contribution in [0.5, 0.6) is 0 Å². The fraction of sp³-hybridized carbons (Fsp3) is 0.286. The standard InChI is InChI=1S/C14H17ClN2/c1-3-16-10(2)12-7-6-11(9-13(12)15)14-5-4-8-17-14/h4-10,16-17H,3H2,1-2H3. The van der Waals surface area contributed by atoms with Crippen LogP contribution >= 0.6 is 11.6 Å². The van der Waals surface area contributed by atoms with Gasteiger partial charge in [-0.2, -0.15) is 0 Å². The van der Waals surface area contributed by atoms with E-state index in [9.17, 15) is 0 Å². The molecule has 0 saturated carbocycles. The van der Waals surface area contributed by atoms with E-state index >= 15 is 0 Å². The molecule has 2 rings (SSSR count). The van der Waals surface area contributed by atoms with E-state index in [0.29, 0.717) is 0 Å². The van der Waals surface area contributed by atoms with Crippen LogP contribution in [0.25, 0.3) is 11.3 Å². The lowest BCUT2D eigenvalue weighted by Crippen LogP contribution is -2.17. The van der Waals surface area contributed by atoms with E-state index in [-0.39, 0.29) is 6.04 Å². The molecule has 3 heteroatoms. The molecule has 0 spiro atoms. The first-order chi connectivity index (χ1) is 8.22.